The molecule has 0 spiro atoms. The van der Waals surface area contributed by atoms with Crippen molar-refractivity contribution in [2.24, 2.45) is 0 Å². The van der Waals surface area contributed by atoms with Crippen LogP contribution in [0.3, 0.4) is 0 Å². The van der Waals surface area contributed by atoms with E-state index in [1.54, 1.807) is 6.20 Å². The molecule has 1 aromatic heterocycles. The van der Waals surface area contributed by atoms with Crippen LogP contribution >= 0.6 is 23.2 Å². The molecule has 1 fully saturated rings. The SMILES string of the molecule is Clc1ncc(Cl)c(N2CCCC2)n1. The second-order valence-corrected chi connectivity index (χ2v) is 3.75. The molecule has 70 valence electrons. The maximum absolute atomic E-state index is 5.95. The molecule has 0 aromatic carbocycles. The Hall–Kier alpha value is -0.540. The standard InChI is InChI=1S/C8H9Cl2N3/c9-6-5-11-8(10)12-7(6)13-3-1-2-4-13/h5H,1-4H2. The van der Waals surface area contributed by atoms with Crippen molar-refractivity contribution in [3.8, 4) is 0 Å². The lowest BCUT2D eigenvalue weighted by molar-refractivity contribution is 0.928. The number of halogens is 2. The molecule has 2 rings (SSSR count). The minimum atomic E-state index is 0.256. The zero-order valence-corrected chi connectivity index (χ0v) is 8.52. The van der Waals surface area contributed by atoms with Gasteiger partial charge in [0.2, 0.25) is 5.28 Å². The third kappa shape index (κ3) is 1.86. The van der Waals surface area contributed by atoms with Crippen LogP contribution in [0.15, 0.2) is 6.20 Å². The molecular formula is C8H9Cl2N3. The summed E-state index contributed by atoms with van der Waals surface area (Å²) >= 11 is 11.6. The number of rotatable bonds is 1. The van der Waals surface area contributed by atoms with Gasteiger partial charge in [0.05, 0.1) is 6.20 Å². The first-order valence-electron chi connectivity index (χ1n) is 4.20. The monoisotopic (exact) mass is 217 g/mol. The number of hydrogen-bond acceptors (Lipinski definition) is 3. The Kier molecular flexibility index (Phi) is 2.56. The van der Waals surface area contributed by atoms with E-state index in [2.05, 4.69) is 14.9 Å². The average molecular weight is 218 g/mol. The Labute approximate surface area is 86.7 Å². The van der Waals surface area contributed by atoms with Crippen molar-refractivity contribution in [2.45, 2.75) is 12.8 Å². The van der Waals surface area contributed by atoms with Crippen molar-refractivity contribution in [3.63, 3.8) is 0 Å². The number of aromatic nitrogens is 2. The molecule has 1 aliphatic rings. The van der Waals surface area contributed by atoms with Gasteiger partial charge in [-0.15, -0.1) is 0 Å². The van der Waals surface area contributed by atoms with Gasteiger partial charge < -0.3 is 4.90 Å². The first-order chi connectivity index (χ1) is 6.27. The smallest absolute Gasteiger partial charge is 0.224 e. The second-order valence-electron chi connectivity index (χ2n) is 3.00. The predicted octanol–water partition coefficient (Wildman–Crippen LogP) is 2.38. The summed E-state index contributed by atoms with van der Waals surface area (Å²) < 4.78 is 0. The predicted molar refractivity (Wildman–Crippen MR) is 53.5 cm³/mol. The minimum absolute atomic E-state index is 0.256. The zero-order valence-electron chi connectivity index (χ0n) is 7.00. The summed E-state index contributed by atoms with van der Waals surface area (Å²) in [5.74, 6) is 0.763. The van der Waals surface area contributed by atoms with Gasteiger partial charge in [0.15, 0.2) is 5.82 Å². The van der Waals surface area contributed by atoms with E-state index in [1.807, 2.05) is 0 Å². The molecule has 0 radical (unpaired) electrons. The number of nitrogens with zero attached hydrogens (tertiary/aromatic N) is 3. The van der Waals surface area contributed by atoms with Crippen molar-refractivity contribution in [1.82, 2.24) is 9.97 Å². The van der Waals surface area contributed by atoms with Gasteiger partial charge in [-0.05, 0) is 24.4 Å². The van der Waals surface area contributed by atoms with Gasteiger partial charge >= 0.3 is 0 Å². The molecule has 0 N–H and O–H groups in total. The lowest BCUT2D eigenvalue weighted by atomic mass is 10.4. The van der Waals surface area contributed by atoms with Crippen LogP contribution in [-0.2, 0) is 0 Å². The Bertz CT molecular complexity index is 310. The Balaban J connectivity index is 2.32. The molecule has 2 heterocycles. The normalized spacial score (nSPS) is 16.6. The molecule has 1 saturated heterocycles. The van der Waals surface area contributed by atoms with Crippen LogP contribution in [0.5, 0.6) is 0 Å². The fourth-order valence-electron chi connectivity index (χ4n) is 1.49. The molecule has 0 atom stereocenters. The molecule has 0 saturated carbocycles. The molecule has 0 unspecified atom stereocenters. The van der Waals surface area contributed by atoms with Crippen molar-refractivity contribution in [3.05, 3.63) is 16.5 Å². The summed E-state index contributed by atoms with van der Waals surface area (Å²) in [4.78, 5) is 10.0. The van der Waals surface area contributed by atoms with E-state index in [-0.39, 0.29) is 5.28 Å². The molecule has 0 aliphatic carbocycles. The lowest BCUT2D eigenvalue weighted by Crippen LogP contribution is -2.19. The van der Waals surface area contributed by atoms with E-state index in [9.17, 15) is 0 Å². The first-order valence-corrected chi connectivity index (χ1v) is 4.96. The third-order valence-corrected chi connectivity index (χ3v) is 2.55. The van der Waals surface area contributed by atoms with E-state index in [4.69, 9.17) is 23.2 Å². The van der Waals surface area contributed by atoms with Crippen molar-refractivity contribution in [2.75, 3.05) is 18.0 Å². The molecular weight excluding hydrogens is 209 g/mol. The Morgan fingerprint density at radius 3 is 2.62 bits per heavy atom. The summed E-state index contributed by atoms with van der Waals surface area (Å²) in [6, 6.07) is 0. The molecule has 0 bridgehead atoms. The summed E-state index contributed by atoms with van der Waals surface area (Å²) in [5.41, 5.74) is 0. The van der Waals surface area contributed by atoms with Crippen molar-refractivity contribution >= 4 is 29.0 Å². The van der Waals surface area contributed by atoms with Crippen molar-refractivity contribution < 1.29 is 0 Å². The van der Waals surface area contributed by atoms with Crippen molar-refractivity contribution in [1.29, 1.82) is 0 Å². The van der Waals surface area contributed by atoms with Crippen LogP contribution in [0, 0.1) is 0 Å². The number of hydrogen-bond donors (Lipinski definition) is 0. The van der Waals surface area contributed by atoms with E-state index in [0.29, 0.717) is 5.02 Å². The number of anilines is 1. The van der Waals surface area contributed by atoms with Gasteiger partial charge in [0, 0.05) is 13.1 Å². The highest BCUT2D eigenvalue weighted by atomic mass is 35.5. The Morgan fingerprint density at radius 2 is 1.92 bits per heavy atom. The van der Waals surface area contributed by atoms with Crippen LogP contribution in [0.1, 0.15) is 12.8 Å². The minimum Gasteiger partial charge on any atom is -0.355 e. The van der Waals surface area contributed by atoms with Gasteiger partial charge in [-0.2, -0.15) is 4.98 Å². The van der Waals surface area contributed by atoms with Crippen LogP contribution in [-0.4, -0.2) is 23.1 Å². The highest BCUT2D eigenvalue weighted by Crippen LogP contribution is 2.26. The fourth-order valence-corrected chi connectivity index (χ4v) is 1.83. The van der Waals surface area contributed by atoms with Gasteiger partial charge in [-0.25, -0.2) is 4.98 Å². The van der Waals surface area contributed by atoms with E-state index in [0.717, 1.165) is 18.9 Å². The lowest BCUT2D eigenvalue weighted by Gasteiger charge is -2.16. The van der Waals surface area contributed by atoms with Crippen LogP contribution in [0.25, 0.3) is 0 Å². The molecule has 1 aromatic rings. The second kappa shape index (κ2) is 3.68. The highest BCUT2D eigenvalue weighted by molar-refractivity contribution is 6.33. The zero-order chi connectivity index (χ0) is 9.26. The fraction of sp³-hybridized carbons (Fsp3) is 0.500. The largest absolute Gasteiger partial charge is 0.355 e. The average Bonchev–Trinajstić information content (AvgIpc) is 2.61. The quantitative estimate of drug-likeness (QED) is 0.677. The third-order valence-electron chi connectivity index (χ3n) is 2.10. The van der Waals surface area contributed by atoms with E-state index in [1.165, 1.54) is 12.8 Å². The molecule has 5 heteroatoms. The summed E-state index contributed by atoms with van der Waals surface area (Å²) in [6.07, 6.45) is 3.93. The molecule has 1 aliphatic heterocycles. The van der Waals surface area contributed by atoms with Crippen LogP contribution in [0.4, 0.5) is 5.82 Å². The highest BCUT2D eigenvalue weighted by Gasteiger charge is 2.16. The van der Waals surface area contributed by atoms with E-state index >= 15 is 0 Å². The maximum atomic E-state index is 5.95. The van der Waals surface area contributed by atoms with Gasteiger partial charge in [-0.3, -0.25) is 0 Å². The van der Waals surface area contributed by atoms with Gasteiger partial charge in [-0.1, -0.05) is 11.6 Å². The molecule has 13 heavy (non-hydrogen) atoms. The first kappa shape index (κ1) is 9.03. The van der Waals surface area contributed by atoms with Gasteiger partial charge in [0.25, 0.3) is 0 Å². The molecule has 0 amide bonds. The summed E-state index contributed by atoms with van der Waals surface area (Å²) in [5, 5.41) is 0.831. The Morgan fingerprint density at radius 1 is 1.23 bits per heavy atom. The van der Waals surface area contributed by atoms with Crippen LogP contribution < -0.4 is 4.90 Å². The molecule has 3 nitrogen and oxygen atoms in total. The summed E-state index contributed by atoms with van der Waals surface area (Å²) in [7, 11) is 0. The van der Waals surface area contributed by atoms with Gasteiger partial charge in [0.1, 0.15) is 5.02 Å². The maximum Gasteiger partial charge on any atom is 0.224 e. The summed E-state index contributed by atoms with van der Waals surface area (Å²) in [6.45, 7) is 2.01. The topological polar surface area (TPSA) is 29.0 Å². The van der Waals surface area contributed by atoms with E-state index < -0.39 is 0 Å². The van der Waals surface area contributed by atoms with Crippen LogP contribution in [0.2, 0.25) is 10.3 Å².